The normalized spacial score (nSPS) is 31.2. The number of hydrogen-bond acceptors (Lipinski definition) is 6. The third kappa shape index (κ3) is 9.33. The van der Waals surface area contributed by atoms with Gasteiger partial charge in [-0.2, -0.15) is 0 Å². The van der Waals surface area contributed by atoms with Crippen LogP contribution >= 0.6 is 0 Å². The Balaban J connectivity index is 0.000000342. The van der Waals surface area contributed by atoms with E-state index in [9.17, 15) is 14.7 Å². The summed E-state index contributed by atoms with van der Waals surface area (Å²) in [6.07, 6.45) is 6.44. The fourth-order valence-electron chi connectivity index (χ4n) is 5.07. The number of hydrogen-bond donors (Lipinski definition) is 2. The van der Waals surface area contributed by atoms with Gasteiger partial charge in [0.05, 0.1) is 6.61 Å². The average molecular weight is 483 g/mol. The Morgan fingerprint density at radius 2 is 1.32 bits per heavy atom. The fraction of sp³-hybridized carbons (Fsp3) is 0.857. The van der Waals surface area contributed by atoms with Crippen LogP contribution in [-0.4, -0.2) is 46.6 Å². The lowest BCUT2D eigenvalue weighted by Gasteiger charge is -2.37. The molecule has 6 nitrogen and oxygen atoms in total. The summed E-state index contributed by atoms with van der Waals surface area (Å²) in [6.45, 7) is 19.1. The van der Waals surface area contributed by atoms with Gasteiger partial charge in [-0.05, 0) is 75.0 Å². The Labute approximate surface area is 207 Å². The lowest BCUT2D eigenvalue weighted by Crippen LogP contribution is -2.45. The first-order valence-corrected chi connectivity index (χ1v) is 13.1. The number of rotatable bonds is 7. The standard InChI is InChI=1S/C14H26O4.C14H24O2/c1-9(2)11-6-5-10(3)7-12(11)18-13(16)14(4,17)8-15;1-9(2)12-7-6-11(5)8-13(12)16-14(15)10(3)4/h9-12,15,17H,5-8H2,1-4H3;9,11-13H,3,6-8H2,1-2,4-5H3/t10-,11+,12-,14?;11-,12+,13-/m11/s1. The van der Waals surface area contributed by atoms with Crippen molar-refractivity contribution in [2.45, 2.75) is 112 Å². The van der Waals surface area contributed by atoms with E-state index in [1.54, 1.807) is 6.92 Å². The monoisotopic (exact) mass is 482 g/mol. The number of aliphatic hydroxyl groups is 2. The predicted molar refractivity (Wildman–Crippen MR) is 135 cm³/mol. The minimum absolute atomic E-state index is 0.0907. The zero-order valence-corrected chi connectivity index (χ0v) is 22.8. The van der Waals surface area contributed by atoms with Crippen LogP contribution in [0.1, 0.15) is 93.9 Å². The SMILES string of the molecule is C=C(C)C(=O)O[C@@H]1C[C@H](C)CC[C@H]1C(C)C.CC(C)[C@@H]1CC[C@@H](C)C[C@H]1OC(=O)C(C)(O)CO. The quantitative estimate of drug-likeness (QED) is 0.378. The van der Waals surface area contributed by atoms with Crippen molar-refractivity contribution in [1.82, 2.24) is 0 Å². The highest BCUT2D eigenvalue weighted by atomic mass is 16.6. The zero-order chi connectivity index (χ0) is 26.2. The van der Waals surface area contributed by atoms with Gasteiger partial charge >= 0.3 is 11.9 Å². The average Bonchev–Trinajstić information content (AvgIpc) is 2.73. The molecular formula is C28H50O6. The van der Waals surface area contributed by atoms with E-state index in [2.05, 4.69) is 48.1 Å². The van der Waals surface area contributed by atoms with Crippen molar-refractivity contribution in [3.63, 3.8) is 0 Å². The molecule has 0 aromatic carbocycles. The molecule has 2 rings (SSSR count). The molecule has 0 amide bonds. The molecule has 2 saturated carbocycles. The summed E-state index contributed by atoms with van der Waals surface area (Å²) in [7, 11) is 0. The van der Waals surface area contributed by atoms with Crippen molar-refractivity contribution >= 4 is 11.9 Å². The largest absolute Gasteiger partial charge is 0.460 e. The van der Waals surface area contributed by atoms with Crippen LogP contribution in [0.3, 0.4) is 0 Å². The molecule has 2 aliphatic carbocycles. The maximum absolute atomic E-state index is 11.8. The molecule has 0 aliphatic heterocycles. The summed E-state index contributed by atoms with van der Waals surface area (Å²) < 4.78 is 11.0. The summed E-state index contributed by atoms with van der Waals surface area (Å²) >= 11 is 0. The lowest BCUT2D eigenvalue weighted by atomic mass is 9.75. The molecule has 1 unspecified atom stereocenters. The van der Waals surface area contributed by atoms with Crippen LogP contribution in [-0.2, 0) is 19.1 Å². The Morgan fingerprint density at radius 1 is 0.912 bits per heavy atom. The molecule has 0 aromatic heterocycles. The topological polar surface area (TPSA) is 93.1 Å². The summed E-state index contributed by atoms with van der Waals surface area (Å²) in [5, 5.41) is 18.7. The number of carbonyl (C=O) groups excluding carboxylic acids is 2. The van der Waals surface area contributed by atoms with E-state index in [-0.39, 0.29) is 18.2 Å². The van der Waals surface area contributed by atoms with Gasteiger partial charge in [0.25, 0.3) is 0 Å². The highest BCUT2D eigenvalue weighted by molar-refractivity contribution is 5.87. The number of carbonyl (C=O) groups is 2. The lowest BCUT2D eigenvalue weighted by molar-refractivity contribution is -0.179. The van der Waals surface area contributed by atoms with Gasteiger partial charge in [0, 0.05) is 5.57 Å². The first kappa shape index (κ1) is 30.6. The Morgan fingerprint density at radius 3 is 1.68 bits per heavy atom. The first-order chi connectivity index (χ1) is 15.7. The second kappa shape index (κ2) is 13.6. The van der Waals surface area contributed by atoms with Crippen molar-refractivity contribution in [3.05, 3.63) is 12.2 Å². The molecule has 0 spiro atoms. The van der Waals surface area contributed by atoms with Crippen LogP contribution in [0.2, 0.25) is 0 Å². The summed E-state index contributed by atoms with van der Waals surface area (Å²) in [5.74, 6) is 2.15. The van der Waals surface area contributed by atoms with Crippen LogP contribution in [0.4, 0.5) is 0 Å². The van der Waals surface area contributed by atoms with E-state index in [1.807, 2.05) is 0 Å². The van der Waals surface area contributed by atoms with Crippen molar-refractivity contribution in [2.75, 3.05) is 6.61 Å². The van der Waals surface area contributed by atoms with E-state index < -0.39 is 18.2 Å². The van der Waals surface area contributed by atoms with Crippen molar-refractivity contribution in [3.8, 4) is 0 Å². The van der Waals surface area contributed by atoms with Crippen LogP contribution < -0.4 is 0 Å². The van der Waals surface area contributed by atoms with Gasteiger partial charge in [-0.1, -0.05) is 61.0 Å². The maximum atomic E-state index is 11.8. The summed E-state index contributed by atoms with van der Waals surface area (Å²) in [4.78, 5) is 23.4. The molecule has 0 bridgehead atoms. The van der Waals surface area contributed by atoms with Gasteiger partial charge in [-0.3, -0.25) is 0 Å². The highest BCUT2D eigenvalue weighted by Gasteiger charge is 2.38. The minimum Gasteiger partial charge on any atom is -0.460 e. The predicted octanol–water partition coefficient (Wildman–Crippen LogP) is 5.30. The molecule has 0 radical (unpaired) electrons. The molecule has 34 heavy (non-hydrogen) atoms. The first-order valence-electron chi connectivity index (χ1n) is 13.1. The van der Waals surface area contributed by atoms with Gasteiger partial charge in [-0.15, -0.1) is 0 Å². The number of ether oxygens (including phenoxy) is 2. The van der Waals surface area contributed by atoms with Crippen LogP contribution in [0.5, 0.6) is 0 Å². The Hall–Kier alpha value is -1.40. The van der Waals surface area contributed by atoms with Gasteiger partial charge in [0.15, 0.2) is 5.60 Å². The van der Waals surface area contributed by atoms with Crippen LogP contribution in [0.15, 0.2) is 12.2 Å². The maximum Gasteiger partial charge on any atom is 0.340 e. The van der Waals surface area contributed by atoms with Crippen molar-refractivity contribution in [2.24, 2.45) is 35.5 Å². The Bertz CT molecular complexity index is 668. The molecule has 2 fully saturated rings. The molecule has 0 aromatic rings. The second-order valence-corrected chi connectivity index (χ2v) is 11.8. The Kier molecular flexibility index (Phi) is 12.3. The van der Waals surface area contributed by atoms with Crippen molar-refractivity contribution in [1.29, 1.82) is 0 Å². The van der Waals surface area contributed by atoms with E-state index in [0.29, 0.717) is 41.1 Å². The third-order valence-corrected chi connectivity index (χ3v) is 7.54. The van der Waals surface area contributed by atoms with Crippen LogP contribution in [0, 0.1) is 35.5 Å². The molecule has 2 N–H and O–H groups in total. The van der Waals surface area contributed by atoms with Crippen LogP contribution in [0.25, 0.3) is 0 Å². The molecular weight excluding hydrogens is 432 g/mol. The molecule has 7 atom stereocenters. The minimum atomic E-state index is -1.79. The van der Waals surface area contributed by atoms with E-state index in [4.69, 9.17) is 14.6 Å². The molecule has 198 valence electrons. The van der Waals surface area contributed by atoms with Gasteiger partial charge in [-0.25, -0.2) is 9.59 Å². The van der Waals surface area contributed by atoms with Gasteiger partial charge < -0.3 is 19.7 Å². The molecule has 2 aliphatic rings. The smallest absolute Gasteiger partial charge is 0.340 e. The molecule has 0 heterocycles. The number of esters is 2. The van der Waals surface area contributed by atoms with Gasteiger partial charge in [0.1, 0.15) is 12.2 Å². The number of aliphatic hydroxyl groups excluding tert-OH is 1. The third-order valence-electron chi connectivity index (χ3n) is 7.54. The zero-order valence-electron chi connectivity index (χ0n) is 22.8. The summed E-state index contributed by atoms with van der Waals surface area (Å²) in [6, 6.07) is 0. The van der Waals surface area contributed by atoms with E-state index in [1.165, 1.54) is 19.8 Å². The molecule has 6 heteroatoms. The fourth-order valence-corrected chi connectivity index (χ4v) is 5.07. The highest BCUT2D eigenvalue weighted by Crippen LogP contribution is 2.36. The van der Waals surface area contributed by atoms with E-state index in [0.717, 1.165) is 25.7 Å². The van der Waals surface area contributed by atoms with E-state index >= 15 is 0 Å². The van der Waals surface area contributed by atoms with Crippen molar-refractivity contribution < 1.29 is 29.3 Å². The molecule has 0 saturated heterocycles. The summed E-state index contributed by atoms with van der Waals surface area (Å²) in [5.41, 5.74) is -1.29. The second-order valence-electron chi connectivity index (χ2n) is 11.8. The van der Waals surface area contributed by atoms with Gasteiger partial charge in [0.2, 0.25) is 0 Å².